The van der Waals surface area contributed by atoms with Crippen LogP contribution in [0, 0.1) is 17.3 Å². The lowest BCUT2D eigenvalue weighted by atomic mass is 9.41. The van der Waals surface area contributed by atoms with Crippen molar-refractivity contribution in [1.29, 1.82) is 0 Å². The van der Waals surface area contributed by atoms with E-state index in [0.717, 1.165) is 19.3 Å². The van der Waals surface area contributed by atoms with Gasteiger partial charge in [0.25, 0.3) is 0 Å². The largest absolute Gasteiger partial charge is 0.378 e. The Labute approximate surface area is 136 Å². The van der Waals surface area contributed by atoms with Gasteiger partial charge in [0, 0.05) is 35.0 Å². The number of para-hydroxylation sites is 1. The molecule has 1 aromatic carbocycles. The molecule has 4 aliphatic carbocycles. The van der Waals surface area contributed by atoms with E-state index in [0.29, 0.717) is 17.7 Å². The fraction of sp³-hybridized carbons (Fsp3) is 0.650. The van der Waals surface area contributed by atoms with Gasteiger partial charge in [0.15, 0.2) is 0 Å². The van der Waals surface area contributed by atoms with E-state index in [4.69, 9.17) is 0 Å². The number of hydrogen-bond donors (Lipinski definition) is 1. The van der Waals surface area contributed by atoms with Crippen molar-refractivity contribution in [2.45, 2.75) is 49.1 Å². The zero-order chi connectivity index (χ0) is 15.0. The Morgan fingerprint density at radius 3 is 3.04 bits per heavy atom. The average molecular weight is 306 g/mol. The van der Waals surface area contributed by atoms with Gasteiger partial charge in [0.1, 0.15) is 5.78 Å². The predicted molar refractivity (Wildman–Crippen MR) is 87.3 cm³/mol. The maximum absolute atomic E-state index is 13.6. The smallest absolute Gasteiger partial charge is 0.146 e. The number of fused-ring (bicyclic) bond motifs is 2. The maximum Gasteiger partial charge on any atom is 0.146 e. The lowest BCUT2D eigenvalue weighted by Crippen LogP contribution is -2.77. The van der Waals surface area contributed by atoms with Crippen molar-refractivity contribution in [2.75, 3.05) is 18.4 Å². The number of benzene rings is 1. The minimum Gasteiger partial charge on any atom is -0.378 e. The molecule has 8 rings (SSSR count). The molecule has 3 heteroatoms. The van der Waals surface area contributed by atoms with Crippen LogP contribution < -0.4 is 5.32 Å². The molecular weight excluding hydrogens is 284 g/mol. The van der Waals surface area contributed by atoms with Crippen molar-refractivity contribution in [2.24, 2.45) is 17.3 Å². The van der Waals surface area contributed by atoms with E-state index < -0.39 is 0 Å². The zero-order valence-corrected chi connectivity index (χ0v) is 13.3. The first-order valence-electron chi connectivity index (χ1n) is 9.40. The topological polar surface area (TPSA) is 32.3 Å². The van der Waals surface area contributed by atoms with Crippen LogP contribution in [-0.2, 0) is 10.2 Å². The van der Waals surface area contributed by atoms with Gasteiger partial charge in [-0.15, -0.1) is 0 Å². The van der Waals surface area contributed by atoms with Gasteiger partial charge in [-0.1, -0.05) is 18.2 Å². The van der Waals surface area contributed by atoms with E-state index in [-0.39, 0.29) is 22.3 Å². The Bertz CT molecular complexity index is 790. The molecule has 118 valence electrons. The Hall–Kier alpha value is -1.35. The van der Waals surface area contributed by atoms with Crippen molar-refractivity contribution in [3.8, 4) is 0 Å². The highest BCUT2D eigenvalue weighted by atomic mass is 16.1. The number of rotatable bonds is 0. The van der Waals surface area contributed by atoms with Gasteiger partial charge in [-0.3, -0.25) is 9.69 Å². The minimum absolute atomic E-state index is 0.0188. The third kappa shape index (κ3) is 0.894. The number of hydrogen-bond acceptors (Lipinski definition) is 3. The van der Waals surface area contributed by atoms with Gasteiger partial charge in [0.05, 0.1) is 5.54 Å². The summed E-state index contributed by atoms with van der Waals surface area (Å²) in [6.45, 7) is 2.44. The number of nitrogens with zero attached hydrogens (tertiary/aromatic N) is 1. The molecule has 3 nitrogen and oxygen atoms in total. The molecule has 2 saturated heterocycles. The number of piperidine rings is 1. The van der Waals surface area contributed by atoms with E-state index >= 15 is 0 Å². The third-order valence-corrected chi connectivity index (χ3v) is 8.84. The fourth-order valence-electron chi connectivity index (χ4n) is 8.60. The van der Waals surface area contributed by atoms with E-state index in [1.165, 1.54) is 31.6 Å². The summed E-state index contributed by atoms with van der Waals surface area (Å²) in [6, 6.07) is 9.48. The van der Waals surface area contributed by atoms with Gasteiger partial charge >= 0.3 is 0 Å². The van der Waals surface area contributed by atoms with Crippen LogP contribution in [0.15, 0.2) is 24.3 Å². The van der Waals surface area contributed by atoms with Gasteiger partial charge < -0.3 is 5.32 Å². The summed E-state index contributed by atoms with van der Waals surface area (Å²) in [5.41, 5.74) is 3.13. The second kappa shape index (κ2) is 3.23. The molecule has 6 atom stereocenters. The van der Waals surface area contributed by atoms with Gasteiger partial charge in [-0.2, -0.15) is 0 Å². The molecule has 1 N–H and O–H groups in total. The molecule has 0 radical (unpaired) electrons. The molecule has 7 aliphatic rings. The minimum atomic E-state index is -0.0188. The van der Waals surface area contributed by atoms with Crippen molar-refractivity contribution < 1.29 is 4.79 Å². The highest BCUT2D eigenvalue weighted by Crippen LogP contribution is 2.78. The first-order valence-corrected chi connectivity index (χ1v) is 9.40. The summed E-state index contributed by atoms with van der Waals surface area (Å²) in [7, 11) is 0. The monoisotopic (exact) mass is 306 g/mol. The van der Waals surface area contributed by atoms with Crippen LogP contribution in [0.1, 0.15) is 37.7 Å². The molecular formula is C20H22N2O. The Balaban J connectivity index is 1.63. The second-order valence-corrected chi connectivity index (χ2v) is 9.02. The number of ketones is 1. The highest BCUT2D eigenvalue weighted by molar-refractivity contribution is 5.96. The Morgan fingerprint density at radius 1 is 1.17 bits per heavy atom. The summed E-state index contributed by atoms with van der Waals surface area (Å²) < 4.78 is 0. The molecule has 4 saturated carbocycles. The van der Waals surface area contributed by atoms with Crippen LogP contribution in [0.2, 0.25) is 0 Å². The van der Waals surface area contributed by atoms with Crippen LogP contribution in [0.4, 0.5) is 5.69 Å². The average Bonchev–Trinajstić information content (AvgIpc) is 3.13. The molecule has 23 heavy (non-hydrogen) atoms. The summed E-state index contributed by atoms with van der Waals surface area (Å²) in [5.74, 6) is 1.58. The summed E-state index contributed by atoms with van der Waals surface area (Å²) in [6.07, 6.45) is 5.84. The normalized spacial score (nSPS) is 54.1. The van der Waals surface area contributed by atoms with E-state index in [1.807, 2.05) is 0 Å². The Morgan fingerprint density at radius 2 is 2.09 bits per heavy atom. The first-order chi connectivity index (χ1) is 11.2. The van der Waals surface area contributed by atoms with Crippen molar-refractivity contribution in [1.82, 2.24) is 4.90 Å². The molecule has 6 fully saturated rings. The molecule has 3 heterocycles. The number of Topliss-reactive ketones (excluding diaryl/α,β-unsaturated/α-hetero) is 1. The molecule has 0 unspecified atom stereocenters. The third-order valence-electron chi connectivity index (χ3n) is 8.84. The summed E-state index contributed by atoms with van der Waals surface area (Å²) in [5, 5.41) is 3.96. The Kier molecular flexibility index (Phi) is 1.70. The number of carbonyl (C=O) groups is 1. The molecule has 0 aromatic heterocycles. The molecule has 3 aliphatic heterocycles. The fourth-order valence-corrected chi connectivity index (χ4v) is 8.60. The number of carbonyl (C=O) groups excluding carboxylic acids is 1. The lowest BCUT2D eigenvalue weighted by Gasteiger charge is -2.66. The van der Waals surface area contributed by atoms with Gasteiger partial charge in [-0.05, 0) is 56.2 Å². The molecule has 4 bridgehead atoms. The van der Waals surface area contributed by atoms with Crippen LogP contribution in [0.5, 0.6) is 0 Å². The van der Waals surface area contributed by atoms with E-state index in [1.54, 1.807) is 5.56 Å². The summed E-state index contributed by atoms with van der Waals surface area (Å²) >= 11 is 0. The molecule has 0 amide bonds. The van der Waals surface area contributed by atoms with Crippen molar-refractivity contribution in [3.63, 3.8) is 0 Å². The van der Waals surface area contributed by atoms with E-state index in [2.05, 4.69) is 34.5 Å². The highest BCUT2D eigenvalue weighted by Gasteiger charge is 2.86. The standard InChI is InChI=1S/C20H22N2O/c23-16-14-10-12-11-22-9-3-6-18(16)7-8-19(14)20(12,17(18)22)13-4-1-2-5-15(13)21-19/h1-2,4-5,12,14,17,21H,3,6-11H2/t12-,14+,17-,18+,19+,20+/m0/s1. The van der Waals surface area contributed by atoms with Crippen molar-refractivity contribution in [3.05, 3.63) is 29.8 Å². The van der Waals surface area contributed by atoms with Gasteiger partial charge in [-0.25, -0.2) is 0 Å². The van der Waals surface area contributed by atoms with E-state index in [9.17, 15) is 4.79 Å². The van der Waals surface area contributed by atoms with Crippen LogP contribution in [-0.4, -0.2) is 35.4 Å². The second-order valence-electron chi connectivity index (χ2n) is 9.02. The van der Waals surface area contributed by atoms with Crippen LogP contribution >= 0.6 is 0 Å². The predicted octanol–water partition coefficient (Wildman–Crippen LogP) is 2.57. The quantitative estimate of drug-likeness (QED) is 0.799. The SMILES string of the molecule is O=C1[C@H]2C[C@H]3CN4CCC[C@@]15CC[C@@]21Nc2ccccc2[C@@]31[C@@H]45. The molecule has 3 spiro atoms. The molecule has 1 aromatic rings. The van der Waals surface area contributed by atoms with Crippen molar-refractivity contribution >= 4 is 11.5 Å². The van der Waals surface area contributed by atoms with Gasteiger partial charge in [0.2, 0.25) is 0 Å². The lowest BCUT2D eigenvalue weighted by molar-refractivity contribution is -0.163. The van der Waals surface area contributed by atoms with Crippen LogP contribution in [0.3, 0.4) is 0 Å². The zero-order valence-electron chi connectivity index (χ0n) is 13.3. The maximum atomic E-state index is 13.6. The first kappa shape index (κ1) is 12.1. The summed E-state index contributed by atoms with van der Waals surface area (Å²) in [4.78, 5) is 16.3. The van der Waals surface area contributed by atoms with Crippen LogP contribution in [0.25, 0.3) is 0 Å². The number of anilines is 1. The number of nitrogens with one attached hydrogen (secondary N) is 1.